The lowest BCUT2D eigenvalue weighted by molar-refractivity contribution is -0.275. The largest absolute Gasteiger partial charge is 0.573 e. The van der Waals surface area contributed by atoms with Gasteiger partial charge in [-0.2, -0.15) is 0 Å². The molecule has 0 aromatic carbocycles. The fraction of sp³-hybridized carbons (Fsp3) is 0.375. The summed E-state index contributed by atoms with van der Waals surface area (Å²) >= 11 is 2.85. The highest BCUT2D eigenvalue weighted by atomic mass is 79.9. The average Bonchev–Trinajstić information content (AvgIpc) is 2.15. The van der Waals surface area contributed by atoms with Crippen LogP contribution in [0.25, 0.3) is 0 Å². The lowest BCUT2D eigenvalue weighted by Gasteiger charge is -2.16. The molecule has 0 spiro atoms. The Morgan fingerprint density at radius 2 is 2.00 bits per heavy atom. The molecule has 1 heterocycles. The van der Waals surface area contributed by atoms with Crippen LogP contribution in [-0.4, -0.2) is 11.3 Å². The number of nitrogens with two attached hydrogens (primary N) is 1. The summed E-state index contributed by atoms with van der Waals surface area (Å²) in [6, 6.07) is 0. The normalized spacial score (nSPS) is 11.9. The van der Waals surface area contributed by atoms with Crippen LogP contribution in [0.15, 0.2) is 6.20 Å². The number of aromatic nitrogens is 1. The third-order valence-corrected chi connectivity index (χ3v) is 2.36. The van der Waals surface area contributed by atoms with Crippen LogP contribution in [0.4, 0.5) is 27.8 Å². The van der Waals surface area contributed by atoms with Crippen molar-refractivity contribution in [2.75, 3.05) is 5.73 Å². The van der Waals surface area contributed by atoms with Gasteiger partial charge in [-0.3, -0.25) is 0 Å². The van der Waals surface area contributed by atoms with E-state index in [0.717, 1.165) is 6.20 Å². The first kappa shape index (κ1) is 13.9. The van der Waals surface area contributed by atoms with E-state index in [9.17, 15) is 22.0 Å². The summed E-state index contributed by atoms with van der Waals surface area (Å²) in [5.41, 5.74) is 3.89. The van der Waals surface area contributed by atoms with Crippen molar-refractivity contribution in [2.45, 2.75) is 18.1 Å². The van der Waals surface area contributed by atoms with E-state index >= 15 is 0 Å². The second-order valence-corrected chi connectivity index (χ2v) is 3.45. The van der Waals surface area contributed by atoms with Crippen LogP contribution in [0, 0.1) is 0 Å². The smallest absolute Gasteiger partial charge is 0.405 e. The number of nitrogen functional groups attached to an aromatic ring is 1. The number of halogens is 6. The molecule has 0 aliphatic rings. The predicted molar refractivity (Wildman–Crippen MR) is 52.9 cm³/mol. The van der Waals surface area contributed by atoms with E-state index in [-0.39, 0.29) is 10.9 Å². The number of ether oxygens (including phenoxy) is 1. The van der Waals surface area contributed by atoms with Crippen molar-refractivity contribution in [3.05, 3.63) is 17.3 Å². The van der Waals surface area contributed by atoms with Crippen molar-refractivity contribution >= 4 is 21.7 Å². The minimum absolute atomic E-state index is 0.120. The second-order valence-electron chi connectivity index (χ2n) is 2.89. The molecular formula is C8H6BrF5N2O. The van der Waals surface area contributed by atoms with Gasteiger partial charge in [0.05, 0.1) is 0 Å². The van der Waals surface area contributed by atoms with Crippen LogP contribution in [0.1, 0.15) is 17.6 Å². The summed E-state index contributed by atoms with van der Waals surface area (Å²) in [6.07, 6.45) is -7.34. The summed E-state index contributed by atoms with van der Waals surface area (Å²) in [7, 11) is 0. The lowest BCUT2D eigenvalue weighted by atomic mass is 10.1. The Hall–Kier alpha value is -1.12. The molecule has 0 amide bonds. The van der Waals surface area contributed by atoms with Crippen molar-refractivity contribution in [3.63, 3.8) is 0 Å². The van der Waals surface area contributed by atoms with Gasteiger partial charge in [-0.15, -0.1) is 13.2 Å². The Morgan fingerprint density at radius 1 is 1.41 bits per heavy atom. The van der Waals surface area contributed by atoms with Crippen LogP contribution >= 0.6 is 15.9 Å². The van der Waals surface area contributed by atoms with E-state index in [1.165, 1.54) is 0 Å². The first-order valence-corrected chi connectivity index (χ1v) is 5.25. The Bertz CT molecular complexity index is 410. The predicted octanol–water partition coefficient (Wildman–Crippen LogP) is 3.39. The van der Waals surface area contributed by atoms with Gasteiger partial charge in [-0.05, 0) is 0 Å². The third-order valence-electron chi connectivity index (χ3n) is 1.75. The van der Waals surface area contributed by atoms with E-state index in [1.54, 1.807) is 0 Å². The zero-order chi connectivity index (χ0) is 13.2. The number of rotatable bonds is 3. The van der Waals surface area contributed by atoms with E-state index < -0.39 is 29.9 Å². The summed E-state index contributed by atoms with van der Waals surface area (Å²) in [5, 5.41) is -0.120. The molecule has 1 rings (SSSR count). The highest BCUT2D eigenvalue weighted by Gasteiger charge is 2.35. The molecule has 0 atom stereocenters. The Balaban J connectivity index is 3.35. The summed E-state index contributed by atoms with van der Waals surface area (Å²) in [6.45, 7) is 0. The van der Waals surface area contributed by atoms with Crippen LogP contribution < -0.4 is 10.5 Å². The molecule has 1 aromatic rings. The number of alkyl halides is 6. The van der Waals surface area contributed by atoms with Crippen LogP contribution in [0.3, 0.4) is 0 Å². The lowest BCUT2D eigenvalue weighted by Crippen LogP contribution is -2.20. The molecular weight excluding hydrogens is 315 g/mol. The number of pyridine rings is 1. The van der Waals surface area contributed by atoms with Crippen molar-refractivity contribution in [1.82, 2.24) is 4.98 Å². The summed E-state index contributed by atoms with van der Waals surface area (Å²) < 4.78 is 65.0. The number of nitrogens with zero attached hydrogens (tertiary/aromatic N) is 1. The van der Waals surface area contributed by atoms with E-state index in [1.807, 2.05) is 0 Å². The SMILES string of the molecule is Nc1ncc(CBr)c(OC(F)(F)F)c1C(F)F. The van der Waals surface area contributed by atoms with Crippen molar-refractivity contribution in [2.24, 2.45) is 0 Å². The topological polar surface area (TPSA) is 48.1 Å². The molecule has 17 heavy (non-hydrogen) atoms. The zero-order valence-corrected chi connectivity index (χ0v) is 9.65. The minimum atomic E-state index is -5.08. The van der Waals surface area contributed by atoms with Crippen molar-refractivity contribution in [1.29, 1.82) is 0 Å². The van der Waals surface area contributed by atoms with Gasteiger partial charge in [0.2, 0.25) is 0 Å². The molecule has 0 radical (unpaired) electrons. The molecule has 0 aliphatic heterocycles. The molecule has 2 N–H and O–H groups in total. The minimum Gasteiger partial charge on any atom is -0.405 e. The molecule has 0 saturated heterocycles. The Morgan fingerprint density at radius 3 is 2.41 bits per heavy atom. The van der Waals surface area contributed by atoms with Crippen LogP contribution in [0.2, 0.25) is 0 Å². The van der Waals surface area contributed by atoms with Crippen molar-refractivity contribution < 1.29 is 26.7 Å². The summed E-state index contributed by atoms with van der Waals surface area (Å²) in [5.74, 6) is -1.69. The molecule has 96 valence electrons. The highest BCUT2D eigenvalue weighted by Crippen LogP contribution is 2.39. The molecule has 0 saturated carbocycles. The molecule has 0 fully saturated rings. The first-order chi connectivity index (χ1) is 7.76. The number of anilines is 1. The van der Waals surface area contributed by atoms with Gasteiger partial charge in [-0.25, -0.2) is 13.8 Å². The molecule has 0 unspecified atom stereocenters. The van der Waals surface area contributed by atoms with E-state index in [0.29, 0.717) is 0 Å². The zero-order valence-electron chi connectivity index (χ0n) is 8.06. The van der Waals surface area contributed by atoms with Gasteiger partial charge in [0, 0.05) is 17.1 Å². The van der Waals surface area contributed by atoms with E-state index in [4.69, 9.17) is 5.73 Å². The van der Waals surface area contributed by atoms with Crippen molar-refractivity contribution in [3.8, 4) is 5.75 Å². The van der Waals surface area contributed by atoms with Gasteiger partial charge in [0.1, 0.15) is 17.1 Å². The highest BCUT2D eigenvalue weighted by molar-refractivity contribution is 9.08. The quantitative estimate of drug-likeness (QED) is 0.686. The third kappa shape index (κ3) is 3.42. The molecule has 3 nitrogen and oxygen atoms in total. The van der Waals surface area contributed by atoms with Gasteiger partial charge in [0.25, 0.3) is 6.43 Å². The first-order valence-electron chi connectivity index (χ1n) is 4.13. The van der Waals surface area contributed by atoms with E-state index in [2.05, 4.69) is 25.7 Å². The fourth-order valence-electron chi connectivity index (χ4n) is 1.11. The average molecular weight is 321 g/mol. The number of hydrogen-bond acceptors (Lipinski definition) is 3. The molecule has 9 heteroatoms. The summed E-state index contributed by atoms with van der Waals surface area (Å²) in [4.78, 5) is 3.38. The van der Waals surface area contributed by atoms with Crippen LogP contribution in [0.5, 0.6) is 5.75 Å². The molecule has 1 aromatic heterocycles. The van der Waals surface area contributed by atoms with Gasteiger partial charge < -0.3 is 10.5 Å². The standard InChI is InChI=1S/C8H6BrF5N2O/c9-1-3-2-16-7(15)4(6(10)11)5(3)17-8(12,13)14/h2,6H,1H2,(H2,15,16). The van der Waals surface area contributed by atoms with Gasteiger partial charge in [0.15, 0.2) is 0 Å². The molecule has 0 aliphatic carbocycles. The maximum Gasteiger partial charge on any atom is 0.573 e. The fourth-order valence-corrected chi connectivity index (χ4v) is 1.51. The second kappa shape index (κ2) is 5.03. The Labute approximate surface area is 101 Å². The maximum atomic E-state index is 12.6. The van der Waals surface area contributed by atoms with Crippen LogP contribution in [-0.2, 0) is 5.33 Å². The monoisotopic (exact) mass is 320 g/mol. The molecule has 0 bridgehead atoms. The Kier molecular flexibility index (Phi) is 4.12. The van der Waals surface area contributed by atoms with Gasteiger partial charge in [-0.1, -0.05) is 15.9 Å². The number of hydrogen-bond donors (Lipinski definition) is 1. The van der Waals surface area contributed by atoms with Gasteiger partial charge >= 0.3 is 6.36 Å². The maximum absolute atomic E-state index is 12.6.